The first-order valence-electron chi connectivity index (χ1n) is 7.04. The molecule has 0 aliphatic heterocycles. The molecule has 0 bridgehead atoms. The highest BCUT2D eigenvalue weighted by Crippen LogP contribution is 2.18. The molecule has 0 spiro atoms. The monoisotopic (exact) mass is 265 g/mol. The van der Waals surface area contributed by atoms with Crippen molar-refractivity contribution < 1.29 is 0 Å². The van der Waals surface area contributed by atoms with Crippen molar-refractivity contribution in [2.24, 2.45) is 5.73 Å². The molecule has 0 saturated heterocycles. The summed E-state index contributed by atoms with van der Waals surface area (Å²) in [4.78, 5) is 4.70. The van der Waals surface area contributed by atoms with Crippen molar-refractivity contribution in [3.05, 3.63) is 65.5 Å². The van der Waals surface area contributed by atoms with E-state index in [9.17, 15) is 0 Å². The summed E-state index contributed by atoms with van der Waals surface area (Å²) in [7, 11) is 0. The summed E-state index contributed by atoms with van der Waals surface area (Å²) in [6.07, 6.45) is 0.940. The van der Waals surface area contributed by atoms with Crippen LogP contribution in [-0.4, -0.2) is 9.55 Å². The molecule has 20 heavy (non-hydrogen) atoms. The minimum atomic E-state index is 0.592. The lowest BCUT2D eigenvalue weighted by Crippen LogP contribution is -2.04. The minimum Gasteiger partial charge on any atom is -0.326 e. The number of nitrogens with zero attached hydrogens (tertiary/aromatic N) is 2. The van der Waals surface area contributed by atoms with Crippen LogP contribution >= 0.6 is 0 Å². The van der Waals surface area contributed by atoms with Crippen molar-refractivity contribution in [1.82, 2.24) is 9.55 Å². The van der Waals surface area contributed by atoms with E-state index in [0.29, 0.717) is 6.54 Å². The van der Waals surface area contributed by atoms with Gasteiger partial charge in [0.2, 0.25) is 0 Å². The molecular weight excluding hydrogens is 246 g/mol. The van der Waals surface area contributed by atoms with Gasteiger partial charge in [-0.1, -0.05) is 43.3 Å². The zero-order chi connectivity index (χ0) is 13.9. The lowest BCUT2D eigenvalue weighted by Gasteiger charge is -2.09. The number of para-hydroxylation sites is 2. The van der Waals surface area contributed by atoms with Gasteiger partial charge in [0.25, 0.3) is 0 Å². The van der Waals surface area contributed by atoms with Gasteiger partial charge in [0.05, 0.1) is 11.0 Å². The predicted octanol–water partition coefficient (Wildman–Crippen LogP) is 3.11. The Morgan fingerprint density at radius 3 is 2.40 bits per heavy atom. The first-order chi connectivity index (χ1) is 9.81. The quantitative estimate of drug-likeness (QED) is 0.787. The summed E-state index contributed by atoms with van der Waals surface area (Å²) in [5.74, 6) is 1.13. The summed E-state index contributed by atoms with van der Waals surface area (Å²) >= 11 is 0. The third-order valence-corrected chi connectivity index (χ3v) is 3.65. The fourth-order valence-corrected chi connectivity index (χ4v) is 2.54. The molecule has 0 saturated carbocycles. The molecule has 3 rings (SSSR count). The Balaban J connectivity index is 2.00. The Morgan fingerprint density at radius 2 is 1.70 bits per heavy atom. The molecule has 0 fully saturated rings. The SMILES string of the molecule is CCc1nc2ccccc2n1Cc1ccc(CN)cc1. The van der Waals surface area contributed by atoms with Crippen molar-refractivity contribution in [1.29, 1.82) is 0 Å². The van der Waals surface area contributed by atoms with Crippen LogP contribution in [0.3, 0.4) is 0 Å². The molecular formula is C17H19N3. The van der Waals surface area contributed by atoms with Crippen LogP contribution in [0.1, 0.15) is 23.9 Å². The Kier molecular flexibility index (Phi) is 3.52. The fraction of sp³-hybridized carbons (Fsp3) is 0.235. The number of aromatic nitrogens is 2. The van der Waals surface area contributed by atoms with Gasteiger partial charge in [-0.25, -0.2) is 4.98 Å². The van der Waals surface area contributed by atoms with Gasteiger partial charge in [-0.05, 0) is 23.3 Å². The van der Waals surface area contributed by atoms with Gasteiger partial charge in [0, 0.05) is 19.5 Å². The normalized spacial score (nSPS) is 11.1. The molecule has 1 aromatic heterocycles. The van der Waals surface area contributed by atoms with Crippen molar-refractivity contribution in [3.63, 3.8) is 0 Å². The first kappa shape index (κ1) is 12.9. The third-order valence-electron chi connectivity index (χ3n) is 3.65. The van der Waals surface area contributed by atoms with Crippen LogP contribution in [0.15, 0.2) is 48.5 Å². The van der Waals surface area contributed by atoms with E-state index in [1.165, 1.54) is 16.6 Å². The van der Waals surface area contributed by atoms with Gasteiger partial charge in [-0.15, -0.1) is 0 Å². The van der Waals surface area contributed by atoms with Gasteiger partial charge in [-0.3, -0.25) is 0 Å². The highest BCUT2D eigenvalue weighted by Gasteiger charge is 2.08. The molecule has 0 atom stereocenters. The van der Waals surface area contributed by atoms with E-state index in [1.54, 1.807) is 0 Å². The lowest BCUT2D eigenvalue weighted by atomic mass is 10.1. The molecule has 0 aliphatic carbocycles. The molecule has 0 amide bonds. The summed E-state index contributed by atoms with van der Waals surface area (Å²) in [5.41, 5.74) is 10.4. The lowest BCUT2D eigenvalue weighted by molar-refractivity contribution is 0.752. The Hall–Kier alpha value is -2.13. The Morgan fingerprint density at radius 1 is 1.00 bits per heavy atom. The highest BCUT2D eigenvalue weighted by atomic mass is 15.1. The van der Waals surface area contributed by atoms with E-state index >= 15 is 0 Å². The summed E-state index contributed by atoms with van der Waals surface area (Å²) in [6.45, 7) is 3.60. The number of nitrogens with two attached hydrogens (primary N) is 1. The number of fused-ring (bicyclic) bond motifs is 1. The standard InChI is InChI=1S/C17H19N3/c1-2-17-19-15-5-3-4-6-16(15)20(17)12-14-9-7-13(11-18)8-10-14/h3-10H,2,11-12,18H2,1H3. The van der Waals surface area contributed by atoms with E-state index in [0.717, 1.165) is 24.3 Å². The second kappa shape index (κ2) is 5.47. The average molecular weight is 265 g/mol. The van der Waals surface area contributed by atoms with Crippen molar-refractivity contribution in [3.8, 4) is 0 Å². The number of benzene rings is 2. The highest BCUT2D eigenvalue weighted by molar-refractivity contribution is 5.76. The topological polar surface area (TPSA) is 43.8 Å². The van der Waals surface area contributed by atoms with Gasteiger partial charge < -0.3 is 10.3 Å². The summed E-state index contributed by atoms with van der Waals surface area (Å²) in [5, 5.41) is 0. The van der Waals surface area contributed by atoms with Crippen LogP contribution in [0, 0.1) is 0 Å². The van der Waals surface area contributed by atoms with E-state index < -0.39 is 0 Å². The van der Waals surface area contributed by atoms with Crippen LogP contribution in [-0.2, 0) is 19.5 Å². The summed E-state index contributed by atoms with van der Waals surface area (Å²) < 4.78 is 2.30. The van der Waals surface area contributed by atoms with Crippen LogP contribution in [0.2, 0.25) is 0 Å². The molecule has 3 aromatic rings. The minimum absolute atomic E-state index is 0.592. The second-order valence-electron chi connectivity index (χ2n) is 4.98. The molecule has 0 aliphatic rings. The third kappa shape index (κ3) is 2.32. The maximum atomic E-state index is 5.64. The number of hydrogen-bond acceptors (Lipinski definition) is 2. The number of rotatable bonds is 4. The zero-order valence-corrected chi connectivity index (χ0v) is 11.7. The second-order valence-corrected chi connectivity index (χ2v) is 4.98. The van der Waals surface area contributed by atoms with Crippen molar-refractivity contribution in [2.45, 2.75) is 26.4 Å². The number of hydrogen-bond donors (Lipinski definition) is 1. The predicted molar refractivity (Wildman–Crippen MR) is 82.5 cm³/mol. The van der Waals surface area contributed by atoms with Gasteiger partial charge in [-0.2, -0.15) is 0 Å². The van der Waals surface area contributed by atoms with Crippen molar-refractivity contribution in [2.75, 3.05) is 0 Å². The van der Waals surface area contributed by atoms with Crippen LogP contribution in [0.5, 0.6) is 0 Å². The largest absolute Gasteiger partial charge is 0.326 e. The van der Waals surface area contributed by atoms with E-state index in [1.807, 2.05) is 6.07 Å². The smallest absolute Gasteiger partial charge is 0.109 e. The van der Waals surface area contributed by atoms with Gasteiger partial charge >= 0.3 is 0 Å². The maximum absolute atomic E-state index is 5.64. The molecule has 1 heterocycles. The average Bonchev–Trinajstić information content (AvgIpc) is 2.86. The Bertz CT molecular complexity index is 711. The van der Waals surface area contributed by atoms with Crippen LogP contribution in [0.4, 0.5) is 0 Å². The van der Waals surface area contributed by atoms with E-state index in [2.05, 4.69) is 54.0 Å². The van der Waals surface area contributed by atoms with Crippen molar-refractivity contribution >= 4 is 11.0 Å². The molecule has 0 unspecified atom stereocenters. The Labute approximate surface area is 119 Å². The number of imidazole rings is 1. The molecule has 2 aromatic carbocycles. The van der Waals surface area contributed by atoms with Crippen LogP contribution in [0.25, 0.3) is 11.0 Å². The maximum Gasteiger partial charge on any atom is 0.109 e. The van der Waals surface area contributed by atoms with E-state index in [-0.39, 0.29) is 0 Å². The van der Waals surface area contributed by atoms with E-state index in [4.69, 9.17) is 10.7 Å². The summed E-state index contributed by atoms with van der Waals surface area (Å²) in [6, 6.07) is 16.8. The molecule has 3 heteroatoms. The first-order valence-corrected chi connectivity index (χ1v) is 7.04. The van der Waals surface area contributed by atoms with Gasteiger partial charge in [0.15, 0.2) is 0 Å². The zero-order valence-electron chi connectivity index (χ0n) is 11.7. The number of aryl methyl sites for hydroxylation is 1. The fourth-order valence-electron chi connectivity index (χ4n) is 2.54. The van der Waals surface area contributed by atoms with Gasteiger partial charge in [0.1, 0.15) is 5.82 Å². The molecule has 2 N–H and O–H groups in total. The molecule has 3 nitrogen and oxygen atoms in total. The molecule has 102 valence electrons. The van der Waals surface area contributed by atoms with Crippen LogP contribution < -0.4 is 5.73 Å². The molecule has 0 radical (unpaired) electrons.